The maximum atomic E-state index is 12.8. The zero-order valence-corrected chi connectivity index (χ0v) is 15.7. The molecular formula is C20H27N5O2. The lowest BCUT2D eigenvalue weighted by Crippen LogP contribution is -2.42. The van der Waals surface area contributed by atoms with Crippen molar-refractivity contribution in [1.82, 2.24) is 24.9 Å². The molecule has 0 N–H and O–H groups in total. The summed E-state index contributed by atoms with van der Waals surface area (Å²) in [4.78, 5) is 18.7. The summed E-state index contributed by atoms with van der Waals surface area (Å²) >= 11 is 0. The molecule has 0 atom stereocenters. The fourth-order valence-corrected chi connectivity index (χ4v) is 4.02. The van der Waals surface area contributed by atoms with E-state index in [-0.39, 0.29) is 12.0 Å². The topological polar surface area (TPSA) is 73.1 Å². The van der Waals surface area contributed by atoms with E-state index >= 15 is 0 Å². The van der Waals surface area contributed by atoms with Gasteiger partial charge in [0, 0.05) is 32.1 Å². The third-order valence-corrected chi connectivity index (χ3v) is 5.59. The lowest BCUT2D eigenvalue weighted by molar-refractivity contribution is 0.0589. The molecule has 0 unspecified atom stereocenters. The molecule has 1 amide bonds. The van der Waals surface area contributed by atoms with Gasteiger partial charge in [-0.05, 0) is 25.0 Å². The molecule has 2 aromatic heterocycles. The van der Waals surface area contributed by atoms with E-state index in [0.717, 1.165) is 31.4 Å². The van der Waals surface area contributed by atoms with E-state index in [9.17, 15) is 4.79 Å². The summed E-state index contributed by atoms with van der Waals surface area (Å²) < 4.78 is 7.87. The standard InChI is InChI=1S/C20H27N5O2/c26-20(19-15-25(23-22-19)16-6-3-1-2-4-7-16)24-12-9-17(10-13-24)27-18-8-5-11-21-14-18/h5,8,11,14-17H,1-4,6-7,9-10,12-13H2. The Balaban J connectivity index is 1.31. The van der Waals surface area contributed by atoms with E-state index in [1.54, 1.807) is 12.4 Å². The number of amides is 1. The van der Waals surface area contributed by atoms with Gasteiger partial charge < -0.3 is 9.64 Å². The summed E-state index contributed by atoms with van der Waals surface area (Å²) in [5.74, 6) is 0.767. The van der Waals surface area contributed by atoms with Crippen molar-refractivity contribution in [2.45, 2.75) is 63.5 Å². The molecule has 0 spiro atoms. The Morgan fingerprint density at radius 2 is 1.85 bits per heavy atom. The van der Waals surface area contributed by atoms with Crippen LogP contribution in [-0.2, 0) is 0 Å². The second-order valence-electron chi connectivity index (χ2n) is 7.53. The van der Waals surface area contributed by atoms with E-state index < -0.39 is 0 Å². The summed E-state index contributed by atoms with van der Waals surface area (Å²) in [6, 6.07) is 4.17. The Morgan fingerprint density at radius 3 is 2.56 bits per heavy atom. The lowest BCUT2D eigenvalue weighted by Gasteiger charge is -2.31. The van der Waals surface area contributed by atoms with Gasteiger partial charge in [-0.2, -0.15) is 0 Å². The van der Waals surface area contributed by atoms with Crippen molar-refractivity contribution in [2.24, 2.45) is 0 Å². The van der Waals surface area contributed by atoms with Crippen LogP contribution in [0.5, 0.6) is 5.75 Å². The molecule has 2 aromatic rings. The Labute approximate surface area is 159 Å². The number of hydrogen-bond acceptors (Lipinski definition) is 5. The molecule has 2 fully saturated rings. The lowest BCUT2D eigenvalue weighted by atomic mass is 10.1. The quantitative estimate of drug-likeness (QED) is 0.774. The van der Waals surface area contributed by atoms with Crippen LogP contribution in [-0.4, -0.2) is 50.0 Å². The molecule has 2 aliphatic rings. The second-order valence-corrected chi connectivity index (χ2v) is 7.53. The average Bonchev–Trinajstić information content (AvgIpc) is 3.04. The van der Waals surface area contributed by atoms with Gasteiger partial charge in [0.25, 0.3) is 5.91 Å². The van der Waals surface area contributed by atoms with Crippen LogP contribution in [0.3, 0.4) is 0 Å². The van der Waals surface area contributed by atoms with Crippen molar-refractivity contribution in [1.29, 1.82) is 0 Å². The highest BCUT2D eigenvalue weighted by Gasteiger charge is 2.27. The Kier molecular flexibility index (Phi) is 5.65. The highest BCUT2D eigenvalue weighted by atomic mass is 16.5. The molecule has 0 radical (unpaired) electrons. The predicted octanol–water partition coefficient (Wildman–Crippen LogP) is 3.25. The van der Waals surface area contributed by atoms with Gasteiger partial charge in [-0.15, -0.1) is 5.10 Å². The number of nitrogens with zero attached hydrogens (tertiary/aromatic N) is 5. The largest absolute Gasteiger partial charge is 0.489 e. The van der Waals surface area contributed by atoms with Gasteiger partial charge in [0.1, 0.15) is 11.9 Å². The first kappa shape index (κ1) is 17.9. The summed E-state index contributed by atoms with van der Waals surface area (Å²) in [5, 5.41) is 8.42. The van der Waals surface area contributed by atoms with Gasteiger partial charge in [0.05, 0.1) is 18.4 Å². The summed E-state index contributed by atoms with van der Waals surface area (Å²) in [6.45, 7) is 1.36. The van der Waals surface area contributed by atoms with Crippen LogP contribution < -0.4 is 4.74 Å². The van der Waals surface area contributed by atoms with Gasteiger partial charge in [-0.1, -0.05) is 30.9 Å². The number of rotatable bonds is 4. The minimum atomic E-state index is -0.0188. The number of ether oxygens (including phenoxy) is 1. The van der Waals surface area contributed by atoms with Crippen molar-refractivity contribution >= 4 is 5.91 Å². The Hall–Kier alpha value is -2.44. The van der Waals surface area contributed by atoms with Crippen molar-refractivity contribution < 1.29 is 9.53 Å². The van der Waals surface area contributed by atoms with Crippen LogP contribution in [0.1, 0.15) is 67.9 Å². The molecule has 4 rings (SSSR count). The molecule has 0 aromatic carbocycles. The SMILES string of the molecule is O=C(c1cn(C2CCCCCC2)nn1)N1CCC(Oc2cccnc2)CC1. The van der Waals surface area contributed by atoms with Crippen molar-refractivity contribution in [3.63, 3.8) is 0 Å². The van der Waals surface area contributed by atoms with Gasteiger partial charge >= 0.3 is 0 Å². The third-order valence-electron chi connectivity index (χ3n) is 5.59. The number of likely N-dealkylation sites (tertiary alicyclic amines) is 1. The smallest absolute Gasteiger partial charge is 0.276 e. The molecule has 144 valence electrons. The number of hydrogen-bond donors (Lipinski definition) is 0. The van der Waals surface area contributed by atoms with Crippen LogP contribution in [0.2, 0.25) is 0 Å². The van der Waals surface area contributed by atoms with Crippen molar-refractivity contribution in [3.05, 3.63) is 36.4 Å². The normalized spacial score (nSPS) is 19.6. The average molecular weight is 369 g/mol. The number of aromatic nitrogens is 4. The monoisotopic (exact) mass is 369 g/mol. The van der Waals surface area contributed by atoms with E-state index in [4.69, 9.17) is 4.74 Å². The highest BCUT2D eigenvalue weighted by Crippen LogP contribution is 2.26. The van der Waals surface area contributed by atoms with Crippen molar-refractivity contribution in [3.8, 4) is 5.75 Å². The van der Waals surface area contributed by atoms with Crippen LogP contribution in [0, 0.1) is 0 Å². The van der Waals surface area contributed by atoms with E-state index in [1.165, 1.54) is 25.7 Å². The molecular weight excluding hydrogens is 342 g/mol. The first-order chi connectivity index (χ1) is 13.3. The predicted molar refractivity (Wildman–Crippen MR) is 101 cm³/mol. The number of carbonyl (C=O) groups is 1. The number of piperidine rings is 1. The molecule has 7 nitrogen and oxygen atoms in total. The second kappa shape index (κ2) is 8.50. The molecule has 0 bridgehead atoms. The molecule has 27 heavy (non-hydrogen) atoms. The molecule has 1 saturated heterocycles. The Bertz CT molecular complexity index is 732. The first-order valence-corrected chi connectivity index (χ1v) is 10.1. The molecule has 1 aliphatic carbocycles. The fourth-order valence-electron chi connectivity index (χ4n) is 4.02. The Morgan fingerprint density at radius 1 is 1.07 bits per heavy atom. The van der Waals surface area contributed by atoms with Crippen LogP contribution in [0.15, 0.2) is 30.7 Å². The van der Waals surface area contributed by atoms with Crippen molar-refractivity contribution in [2.75, 3.05) is 13.1 Å². The number of pyridine rings is 1. The minimum Gasteiger partial charge on any atom is -0.489 e. The summed E-state index contributed by atoms with van der Waals surface area (Å²) in [7, 11) is 0. The number of carbonyl (C=O) groups excluding carboxylic acids is 1. The van der Waals surface area contributed by atoms with Crippen LogP contribution in [0.25, 0.3) is 0 Å². The van der Waals surface area contributed by atoms with E-state index in [0.29, 0.717) is 24.8 Å². The molecule has 7 heteroatoms. The molecule has 3 heterocycles. The maximum Gasteiger partial charge on any atom is 0.276 e. The zero-order chi connectivity index (χ0) is 18.5. The van der Waals surface area contributed by atoms with Crippen LogP contribution >= 0.6 is 0 Å². The van der Waals surface area contributed by atoms with Gasteiger partial charge in [0.2, 0.25) is 0 Å². The first-order valence-electron chi connectivity index (χ1n) is 10.1. The third kappa shape index (κ3) is 4.46. The molecule has 1 saturated carbocycles. The minimum absolute atomic E-state index is 0.0188. The summed E-state index contributed by atoms with van der Waals surface area (Å²) in [6.07, 6.45) is 14.4. The maximum absolute atomic E-state index is 12.8. The van der Waals surface area contributed by atoms with Gasteiger partial charge in [-0.3, -0.25) is 9.78 Å². The van der Waals surface area contributed by atoms with E-state index in [2.05, 4.69) is 15.3 Å². The van der Waals surface area contributed by atoms with E-state index in [1.807, 2.05) is 27.9 Å². The van der Waals surface area contributed by atoms with Gasteiger partial charge in [-0.25, -0.2) is 4.68 Å². The van der Waals surface area contributed by atoms with Crippen LogP contribution in [0.4, 0.5) is 0 Å². The highest BCUT2D eigenvalue weighted by molar-refractivity contribution is 5.92. The van der Waals surface area contributed by atoms with Gasteiger partial charge in [0.15, 0.2) is 5.69 Å². The fraction of sp³-hybridized carbons (Fsp3) is 0.600. The summed E-state index contributed by atoms with van der Waals surface area (Å²) in [5.41, 5.74) is 0.464. The molecule has 1 aliphatic heterocycles. The zero-order valence-electron chi connectivity index (χ0n) is 15.7.